The topological polar surface area (TPSA) is 24.5 Å². The van der Waals surface area contributed by atoms with E-state index in [1.54, 1.807) is 0 Å². The average Bonchev–Trinajstić information content (AvgIpc) is 2.18. The van der Waals surface area contributed by atoms with Crippen molar-refractivity contribution in [3.8, 4) is 0 Å². The van der Waals surface area contributed by atoms with Crippen LogP contribution in [0.2, 0.25) is 0 Å². The van der Waals surface area contributed by atoms with Crippen LogP contribution in [0, 0.1) is 0 Å². The van der Waals surface area contributed by atoms with E-state index in [0.717, 1.165) is 13.1 Å². The molecule has 0 unspecified atom stereocenters. The molecule has 0 atom stereocenters. The molecular formula is C13H26N2O. The van der Waals surface area contributed by atoms with Crippen molar-refractivity contribution in [2.45, 2.75) is 70.3 Å². The summed E-state index contributed by atoms with van der Waals surface area (Å²) in [5.74, 6) is 0. The molecule has 2 fully saturated rings. The average molecular weight is 226 g/mol. The van der Waals surface area contributed by atoms with Gasteiger partial charge in [-0.1, -0.05) is 38.5 Å². The van der Waals surface area contributed by atoms with Crippen LogP contribution in [-0.2, 0) is 4.94 Å². The molecule has 0 bridgehead atoms. The van der Waals surface area contributed by atoms with Crippen LogP contribution in [-0.4, -0.2) is 24.2 Å². The molecule has 0 aromatic heterocycles. The molecule has 0 aromatic rings. The van der Waals surface area contributed by atoms with Gasteiger partial charge in [-0.2, -0.15) is 10.5 Å². The van der Waals surface area contributed by atoms with Crippen molar-refractivity contribution in [1.82, 2.24) is 10.5 Å². The van der Waals surface area contributed by atoms with Crippen LogP contribution in [0.5, 0.6) is 0 Å². The van der Waals surface area contributed by atoms with Gasteiger partial charge in [-0.15, -0.1) is 0 Å². The molecule has 16 heavy (non-hydrogen) atoms. The molecule has 0 amide bonds. The molecule has 1 saturated carbocycles. The summed E-state index contributed by atoms with van der Waals surface area (Å²) in [5.41, 5.74) is 3.10. The number of hydroxylamine groups is 3. The van der Waals surface area contributed by atoms with Gasteiger partial charge < -0.3 is 0 Å². The highest BCUT2D eigenvalue weighted by Gasteiger charge is 2.20. The Hall–Kier alpha value is -0.120. The number of rotatable bonds is 1. The van der Waals surface area contributed by atoms with Gasteiger partial charge in [0.15, 0.2) is 0 Å². The number of hydrogen-bond acceptors (Lipinski definition) is 3. The van der Waals surface area contributed by atoms with E-state index in [4.69, 9.17) is 4.94 Å². The quantitative estimate of drug-likeness (QED) is 0.744. The molecule has 0 radical (unpaired) electrons. The molecule has 1 aliphatic heterocycles. The maximum Gasteiger partial charge on any atom is 0.0371 e. The zero-order valence-corrected chi connectivity index (χ0v) is 10.4. The molecule has 0 aromatic carbocycles. The molecule has 94 valence electrons. The lowest BCUT2D eigenvalue weighted by Crippen LogP contribution is -2.42. The molecule has 0 spiro atoms. The van der Waals surface area contributed by atoms with E-state index in [1.807, 2.05) is 0 Å². The largest absolute Gasteiger partial charge is 0.211 e. The van der Waals surface area contributed by atoms with Crippen molar-refractivity contribution in [2.75, 3.05) is 13.1 Å². The third-order valence-electron chi connectivity index (χ3n) is 3.82. The number of nitrogens with zero attached hydrogens (tertiary/aromatic N) is 1. The van der Waals surface area contributed by atoms with Gasteiger partial charge in [0, 0.05) is 19.1 Å². The summed E-state index contributed by atoms with van der Waals surface area (Å²) in [4.78, 5) is 5.70. The van der Waals surface area contributed by atoms with Crippen molar-refractivity contribution in [1.29, 1.82) is 0 Å². The van der Waals surface area contributed by atoms with E-state index < -0.39 is 0 Å². The fraction of sp³-hybridized carbons (Fsp3) is 1.00. The molecule has 1 aliphatic carbocycles. The Morgan fingerprint density at radius 2 is 1.50 bits per heavy atom. The van der Waals surface area contributed by atoms with E-state index in [-0.39, 0.29) is 0 Å². The third-order valence-corrected chi connectivity index (χ3v) is 3.82. The molecule has 1 saturated heterocycles. The van der Waals surface area contributed by atoms with Crippen LogP contribution in [0.3, 0.4) is 0 Å². The Labute approximate surface area is 99.4 Å². The smallest absolute Gasteiger partial charge is 0.0371 e. The lowest BCUT2D eigenvalue weighted by molar-refractivity contribution is -0.240. The number of hydrogen-bond donors (Lipinski definition) is 1. The van der Waals surface area contributed by atoms with Gasteiger partial charge in [0.2, 0.25) is 0 Å². The van der Waals surface area contributed by atoms with Crippen LogP contribution in [0.1, 0.15) is 64.2 Å². The number of nitrogens with one attached hydrogen (secondary N) is 1. The lowest BCUT2D eigenvalue weighted by Gasteiger charge is -2.32. The minimum Gasteiger partial charge on any atom is -0.211 e. The fourth-order valence-corrected chi connectivity index (χ4v) is 2.80. The van der Waals surface area contributed by atoms with Crippen molar-refractivity contribution in [3.05, 3.63) is 0 Å². The second kappa shape index (κ2) is 7.25. The van der Waals surface area contributed by atoms with E-state index in [9.17, 15) is 0 Å². The summed E-state index contributed by atoms with van der Waals surface area (Å²) >= 11 is 0. The predicted molar refractivity (Wildman–Crippen MR) is 65.8 cm³/mol. The van der Waals surface area contributed by atoms with Crippen LogP contribution >= 0.6 is 0 Å². The van der Waals surface area contributed by atoms with Gasteiger partial charge >= 0.3 is 0 Å². The Kier molecular flexibility index (Phi) is 5.59. The Balaban J connectivity index is 1.81. The second-order valence-electron chi connectivity index (χ2n) is 5.19. The highest BCUT2D eigenvalue weighted by molar-refractivity contribution is 4.70. The van der Waals surface area contributed by atoms with E-state index in [2.05, 4.69) is 10.5 Å². The standard InChI is InChI=1S/C13H26N2O/c1-2-5-9-13(10-6-3-1)15-12-8-4-7-11-14-16-15/h13-14H,1-12H2. The van der Waals surface area contributed by atoms with Gasteiger partial charge in [0.25, 0.3) is 0 Å². The Morgan fingerprint density at radius 3 is 2.31 bits per heavy atom. The summed E-state index contributed by atoms with van der Waals surface area (Å²) in [6, 6.07) is 0.658. The fourth-order valence-electron chi connectivity index (χ4n) is 2.80. The monoisotopic (exact) mass is 226 g/mol. The van der Waals surface area contributed by atoms with E-state index in [1.165, 1.54) is 64.2 Å². The first-order chi connectivity index (χ1) is 7.97. The van der Waals surface area contributed by atoms with Crippen LogP contribution < -0.4 is 5.48 Å². The Bertz CT molecular complexity index is 151. The summed E-state index contributed by atoms with van der Waals surface area (Å²) in [6.45, 7) is 2.11. The van der Waals surface area contributed by atoms with Gasteiger partial charge in [-0.3, -0.25) is 0 Å². The highest BCUT2D eigenvalue weighted by atomic mass is 16.8. The molecule has 1 heterocycles. The maximum atomic E-state index is 5.70. The van der Waals surface area contributed by atoms with Crippen molar-refractivity contribution in [3.63, 3.8) is 0 Å². The van der Waals surface area contributed by atoms with Crippen molar-refractivity contribution in [2.24, 2.45) is 0 Å². The summed E-state index contributed by atoms with van der Waals surface area (Å²) in [6.07, 6.45) is 13.5. The SMILES string of the molecule is C1CCCC(N2CCCCCNO2)CCC1. The summed E-state index contributed by atoms with van der Waals surface area (Å²) in [7, 11) is 0. The summed E-state index contributed by atoms with van der Waals surface area (Å²) in [5, 5.41) is 2.23. The van der Waals surface area contributed by atoms with Gasteiger partial charge in [-0.25, -0.2) is 4.94 Å². The molecule has 2 aliphatic rings. The molecular weight excluding hydrogens is 200 g/mol. The zero-order chi connectivity index (χ0) is 11.1. The highest BCUT2D eigenvalue weighted by Crippen LogP contribution is 2.22. The van der Waals surface area contributed by atoms with Crippen LogP contribution in [0.15, 0.2) is 0 Å². The maximum absolute atomic E-state index is 5.70. The first kappa shape index (κ1) is 12.3. The Morgan fingerprint density at radius 1 is 0.812 bits per heavy atom. The predicted octanol–water partition coefficient (Wildman–Crippen LogP) is 3.02. The first-order valence-corrected chi connectivity index (χ1v) is 7.13. The van der Waals surface area contributed by atoms with Crippen molar-refractivity contribution < 1.29 is 4.94 Å². The first-order valence-electron chi connectivity index (χ1n) is 7.13. The van der Waals surface area contributed by atoms with E-state index >= 15 is 0 Å². The lowest BCUT2D eigenvalue weighted by atomic mass is 9.96. The molecule has 3 heteroatoms. The molecule has 2 rings (SSSR count). The molecule has 1 N–H and O–H groups in total. The molecule has 3 nitrogen and oxygen atoms in total. The van der Waals surface area contributed by atoms with Gasteiger partial charge in [0.1, 0.15) is 0 Å². The zero-order valence-electron chi connectivity index (χ0n) is 10.4. The third kappa shape index (κ3) is 4.04. The minimum absolute atomic E-state index is 0.658. The van der Waals surface area contributed by atoms with Crippen LogP contribution in [0.4, 0.5) is 0 Å². The normalized spacial score (nSPS) is 27.8. The summed E-state index contributed by atoms with van der Waals surface area (Å²) < 4.78 is 0. The van der Waals surface area contributed by atoms with Crippen LogP contribution in [0.25, 0.3) is 0 Å². The van der Waals surface area contributed by atoms with Gasteiger partial charge in [0.05, 0.1) is 0 Å². The minimum atomic E-state index is 0.658. The van der Waals surface area contributed by atoms with E-state index in [0.29, 0.717) is 6.04 Å². The second-order valence-corrected chi connectivity index (χ2v) is 5.19. The van der Waals surface area contributed by atoms with Crippen molar-refractivity contribution >= 4 is 0 Å². The van der Waals surface area contributed by atoms with Gasteiger partial charge in [-0.05, 0) is 25.7 Å².